The third-order valence-corrected chi connectivity index (χ3v) is 2.82. The molecule has 1 atom stereocenters. The van der Waals surface area contributed by atoms with Gasteiger partial charge in [-0.2, -0.15) is 0 Å². The fraction of sp³-hybridized carbons (Fsp3) is 0.714. The largest absolute Gasteiger partial charge is 0.480 e. The molecular formula is C14H24N2O. The van der Waals surface area contributed by atoms with Gasteiger partial charge in [0.15, 0.2) is 0 Å². The van der Waals surface area contributed by atoms with Gasteiger partial charge < -0.3 is 4.74 Å². The summed E-state index contributed by atoms with van der Waals surface area (Å²) in [5.74, 6) is 1.70. The molecule has 1 heterocycles. The minimum Gasteiger partial charge on any atom is -0.480 e. The molecule has 1 aromatic rings. The van der Waals surface area contributed by atoms with Crippen LogP contribution in [0.3, 0.4) is 0 Å². The van der Waals surface area contributed by atoms with Crippen LogP contribution in [0.15, 0.2) is 6.20 Å². The molecule has 3 heteroatoms. The van der Waals surface area contributed by atoms with Crippen LogP contribution in [0.5, 0.6) is 5.88 Å². The number of hydrogen-bond acceptors (Lipinski definition) is 3. The predicted molar refractivity (Wildman–Crippen MR) is 70.4 cm³/mol. The number of rotatable bonds is 6. The van der Waals surface area contributed by atoms with Crippen LogP contribution in [0.4, 0.5) is 0 Å². The van der Waals surface area contributed by atoms with E-state index in [1.54, 1.807) is 7.11 Å². The van der Waals surface area contributed by atoms with Crippen LogP contribution >= 0.6 is 0 Å². The molecule has 0 aliphatic heterocycles. The molecule has 1 aromatic heterocycles. The van der Waals surface area contributed by atoms with E-state index in [1.807, 2.05) is 6.20 Å². The highest BCUT2D eigenvalue weighted by molar-refractivity contribution is 5.23. The lowest BCUT2D eigenvalue weighted by atomic mass is 10.0. The monoisotopic (exact) mass is 236 g/mol. The van der Waals surface area contributed by atoms with Gasteiger partial charge in [-0.05, 0) is 18.8 Å². The number of methoxy groups -OCH3 is 1. The summed E-state index contributed by atoms with van der Waals surface area (Å²) in [6, 6.07) is 0. The van der Waals surface area contributed by atoms with Crippen molar-refractivity contribution in [2.45, 2.75) is 52.9 Å². The second kappa shape index (κ2) is 6.58. The minimum atomic E-state index is 0.413. The summed E-state index contributed by atoms with van der Waals surface area (Å²) in [5, 5.41) is 0. The Morgan fingerprint density at radius 2 is 2.00 bits per heavy atom. The Kier molecular flexibility index (Phi) is 5.39. The molecule has 0 aromatic carbocycles. The summed E-state index contributed by atoms with van der Waals surface area (Å²) >= 11 is 0. The third kappa shape index (κ3) is 3.99. The van der Waals surface area contributed by atoms with E-state index >= 15 is 0 Å². The third-order valence-electron chi connectivity index (χ3n) is 2.82. The van der Waals surface area contributed by atoms with E-state index in [9.17, 15) is 0 Å². The molecule has 0 saturated carbocycles. The molecule has 3 nitrogen and oxygen atoms in total. The second-order valence-corrected chi connectivity index (χ2v) is 5.04. The van der Waals surface area contributed by atoms with Crippen LogP contribution in [-0.4, -0.2) is 17.1 Å². The van der Waals surface area contributed by atoms with Crippen molar-refractivity contribution >= 4 is 0 Å². The van der Waals surface area contributed by atoms with Crippen molar-refractivity contribution in [1.29, 1.82) is 0 Å². The first-order valence-electron chi connectivity index (χ1n) is 6.48. The molecule has 0 N–H and O–H groups in total. The van der Waals surface area contributed by atoms with Crippen molar-refractivity contribution in [3.8, 4) is 5.88 Å². The number of nitrogens with zero attached hydrogens (tertiary/aromatic N) is 2. The zero-order valence-electron chi connectivity index (χ0n) is 11.7. The van der Waals surface area contributed by atoms with Gasteiger partial charge in [0, 0.05) is 12.1 Å². The fourth-order valence-corrected chi connectivity index (χ4v) is 1.99. The summed E-state index contributed by atoms with van der Waals surface area (Å²) in [4.78, 5) is 9.08. The van der Waals surface area contributed by atoms with E-state index in [1.165, 1.54) is 0 Å². The van der Waals surface area contributed by atoms with Gasteiger partial charge in [0.1, 0.15) is 5.69 Å². The van der Waals surface area contributed by atoms with Crippen molar-refractivity contribution in [3.05, 3.63) is 17.6 Å². The zero-order chi connectivity index (χ0) is 12.8. The lowest BCUT2D eigenvalue weighted by molar-refractivity contribution is 0.381. The van der Waals surface area contributed by atoms with Crippen LogP contribution in [0.25, 0.3) is 0 Å². The normalized spacial score (nSPS) is 12.8. The first-order chi connectivity index (χ1) is 8.08. The molecule has 96 valence electrons. The Morgan fingerprint density at radius 3 is 2.53 bits per heavy atom. The standard InChI is InChI=1S/C14H24N2O/c1-6-7-11(4)13-14(17-5)16-12(9-15-13)8-10(2)3/h9-11H,6-8H2,1-5H3. The lowest BCUT2D eigenvalue weighted by Gasteiger charge is -2.14. The Morgan fingerprint density at radius 1 is 1.29 bits per heavy atom. The predicted octanol–water partition coefficient (Wildman–Crippen LogP) is 3.59. The molecule has 1 rings (SSSR count). The van der Waals surface area contributed by atoms with Crippen molar-refractivity contribution < 1.29 is 4.74 Å². The Labute approximate surface area is 105 Å². The highest BCUT2D eigenvalue weighted by Gasteiger charge is 2.15. The van der Waals surface area contributed by atoms with Gasteiger partial charge in [-0.15, -0.1) is 0 Å². The topological polar surface area (TPSA) is 35.0 Å². The Balaban J connectivity index is 2.92. The summed E-state index contributed by atoms with van der Waals surface area (Å²) < 4.78 is 5.36. The summed E-state index contributed by atoms with van der Waals surface area (Å²) in [6.07, 6.45) is 5.12. The zero-order valence-corrected chi connectivity index (χ0v) is 11.7. The average Bonchev–Trinajstić information content (AvgIpc) is 2.28. The van der Waals surface area contributed by atoms with E-state index in [-0.39, 0.29) is 0 Å². The van der Waals surface area contributed by atoms with Gasteiger partial charge >= 0.3 is 0 Å². The van der Waals surface area contributed by atoms with Gasteiger partial charge in [0.2, 0.25) is 5.88 Å². The molecule has 0 spiro atoms. The molecule has 0 saturated heterocycles. The molecule has 17 heavy (non-hydrogen) atoms. The van der Waals surface area contributed by atoms with Gasteiger partial charge in [0.05, 0.1) is 12.8 Å². The first-order valence-corrected chi connectivity index (χ1v) is 6.48. The van der Waals surface area contributed by atoms with E-state index in [0.29, 0.717) is 17.7 Å². The minimum absolute atomic E-state index is 0.413. The molecule has 0 bridgehead atoms. The van der Waals surface area contributed by atoms with Gasteiger partial charge in [0.25, 0.3) is 0 Å². The van der Waals surface area contributed by atoms with E-state index in [0.717, 1.165) is 30.7 Å². The van der Waals surface area contributed by atoms with Gasteiger partial charge in [-0.3, -0.25) is 4.98 Å². The molecule has 0 amide bonds. The van der Waals surface area contributed by atoms with E-state index in [2.05, 4.69) is 37.7 Å². The number of hydrogen-bond donors (Lipinski definition) is 0. The number of ether oxygens (including phenoxy) is 1. The smallest absolute Gasteiger partial charge is 0.235 e. The SMILES string of the molecule is CCCC(C)c1ncc(CC(C)C)nc1OC. The fourth-order valence-electron chi connectivity index (χ4n) is 1.99. The van der Waals surface area contributed by atoms with Crippen molar-refractivity contribution in [3.63, 3.8) is 0 Å². The molecule has 0 aliphatic rings. The lowest BCUT2D eigenvalue weighted by Crippen LogP contribution is -2.06. The highest BCUT2D eigenvalue weighted by Crippen LogP contribution is 2.26. The maximum Gasteiger partial charge on any atom is 0.235 e. The second-order valence-electron chi connectivity index (χ2n) is 5.04. The highest BCUT2D eigenvalue weighted by atomic mass is 16.5. The quantitative estimate of drug-likeness (QED) is 0.757. The number of aromatic nitrogens is 2. The van der Waals surface area contributed by atoms with Crippen LogP contribution in [-0.2, 0) is 6.42 Å². The van der Waals surface area contributed by atoms with E-state index < -0.39 is 0 Å². The Bertz CT molecular complexity index is 350. The van der Waals surface area contributed by atoms with Crippen LogP contribution < -0.4 is 4.74 Å². The molecule has 1 unspecified atom stereocenters. The van der Waals surface area contributed by atoms with Crippen molar-refractivity contribution in [1.82, 2.24) is 9.97 Å². The van der Waals surface area contributed by atoms with Crippen molar-refractivity contribution in [2.75, 3.05) is 7.11 Å². The maximum absolute atomic E-state index is 5.36. The molecule has 0 fully saturated rings. The first kappa shape index (κ1) is 13.9. The van der Waals surface area contributed by atoms with Crippen LogP contribution in [0, 0.1) is 5.92 Å². The summed E-state index contributed by atoms with van der Waals surface area (Å²) in [7, 11) is 1.67. The van der Waals surface area contributed by atoms with Crippen molar-refractivity contribution in [2.24, 2.45) is 5.92 Å². The van der Waals surface area contributed by atoms with Crippen LogP contribution in [0.1, 0.15) is 57.8 Å². The molecule has 0 radical (unpaired) electrons. The van der Waals surface area contributed by atoms with Crippen LogP contribution in [0.2, 0.25) is 0 Å². The van der Waals surface area contributed by atoms with E-state index in [4.69, 9.17) is 4.74 Å². The average molecular weight is 236 g/mol. The van der Waals surface area contributed by atoms with Gasteiger partial charge in [-0.25, -0.2) is 4.98 Å². The van der Waals surface area contributed by atoms with Gasteiger partial charge in [-0.1, -0.05) is 34.1 Å². The maximum atomic E-state index is 5.36. The Hall–Kier alpha value is -1.12. The molecular weight excluding hydrogens is 212 g/mol. The summed E-state index contributed by atoms with van der Waals surface area (Å²) in [6.45, 7) is 8.73. The summed E-state index contributed by atoms with van der Waals surface area (Å²) in [5.41, 5.74) is 2.01. The molecule has 0 aliphatic carbocycles.